The van der Waals surface area contributed by atoms with Gasteiger partial charge in [-0.3, -0.25) is 4.79 Å². The molecule has 2 N–H and O–H groups in total. The lowest BCUT2D eigenvalue weighted by Gasteiger charge is -2.13. The standard InChI is InChI=1S/C20H21N5O2/c1-25(2)16-10-8-15(9-11-16)23-19(26)14-12-21-20(22-13-14)24-17-6-4-5-7-18(17)27-3/h4-13H,1-3H3,(H,23,26)(H,21,22,24). The summed E-state index contributed by atoms with van der Waals surface area (Å²) in [5.74, 6) is 0.798. The first kappa shape index (κ1) is 18.2. The third-order valence-corrected chi connectivity index (χ3v) is 3.91. The van der Waals surface area contributed by atoms with E-state index in [1.54, 1.807) is 7.11 Å². The van der Waals surface area contributed by atoms with Crippen molar-refractivity contribution < 1.29 is 9.53 Å². The van der Waals surface area contributed by atoms with Crippen LogP contribution in [0.3, 0.4) is 0 Å². The molecule has 7 heteroatoms. The first-order valence-electron chi connectivity index (χ1n) is 8.37. The van der Waals surface area contributed by atoms with E-state index in [1.165, 1.54) is 12.4 Å². The summed E-state index contributed by atoms with van der Waals surface area (Å²) in [6, 6.07) is 15.0. The molecule has 0 saturated carbocycles. The van der Waals surface area contributed by atoms with Crippen molar-refractivity contribution in [1.29, 1.82) is 0 Å². The fraction of sp³-hybridized carbons (Fsp3) is 0.150. The molecule has 1 aromatic heterocycles. The Morgan fingerprint density at radius 1 is 1.00 bits per heavy atom. The van der Waals surface area contributed by atoms with Crippen LogP contribution in [0.15, 0.2) is 60.9 Å². The van der Waals surface area contributed by atoms with Gasteiger partial charge >= 0.3 is 0 Å². The number of benzene rings is 2. The van der Waals surface area contributed by atoms with Gasteiger partial charge in [-0.2, -0.15) is 0 Å². The maximum absolute atomic E-state index is 12.4. The molecule has 0 aliphatic rings. The van der Waals surface area contributed by atoms with Gasteiger partial charge in [0.15, 0.2) is 0 Å². The number of ether oxygens (including phenoxy) is 1. The minimum absolute atomic E-state index is 0.267. The van der Waals surface area contributed by atoms with Gasteiger partial charge < -0.3 is 20.3 Å². The molecule has 7 nitrogen and oxygen atoms in total. The summed E-state index contributed by atoms with van der Waals surface area (Å²) in [4.78, 5) is 22.8. The Balaban J connectivity index is 1.66. The van der Waals surface area contributed by atoms with E-state index < -0.39 is 0 Å². The van der Waals surface area contributed by atoms with E-state index in [0.29, 0.717) is 22.9 Å². The molecule has 3 aromatic rings. The first-order chi connectivity index (χ1) is 13.1. The number of hydrogen-bond acceptors (Lipinski definition) is 6. The highest BCUT2D eigenvalue weighted by atomic mass is 16.5. The van der Waals surface area contributed by atoms with Crippen LogP contribution >= 0.6 is 0 Å². The topological polar surface area (TPSA) is 79.4 Å². The number of hydrogen-bond donors (Lipinski definition) is 2. The minimum Gasteiger partial charge on any atom is -0.495 e. The van der Waals surface area contributed by atoms with Crippen molar-refractivity contribution in [2.45, 2.75) is 0 Å². The molecule has 0 radical (unpaired) electrons. The summed E-state index contributed by atoms with van der Waals surface area (Å²) in [5, 5.41) is 5.91. The summed E-state index contributed by atoms with van der Waals surface area (Å²) in [5.41, 5.74) is 2.89. The quantitative estimate of drug-likeness (QED) is 0.697. The van der Waals surface area contributed by atoms with Crippen molar-refractivity contribution in [3.05, 3.63) is 66.5 Å². The predicted octanol–water partition coefficient (Wildman–Crippen LogP) is 3.55. The van der Waals surface area contributed by atoms with Gasteiger partial charge in [-0.25, -0.2) is 9.97 Å². The minimum atomic E-state index is -0.267. The Hall–Kier alpha value is -3.61. The van der Waals surface area contributed by atoms with Gasteiger partial charge in [0.1, 0.15) is 5.75 Å². The van der Waals surface area contributed by atoms with Gasteiger partial charge in [0.2, 0.25) is 5.95 Å². The molecule has 0 spiro atoms. The second-order valence-electron chi connectivity index (χ2n) is 6.02. The fourth-order valence-corrected chi connectivity index (χ4v) is 2.42. The fourth-order valence-electron chi connectivity index (χ4n) is 2.42. The van der Waals surface area contributed by atoms with Gasteiger partial charge in [0.25, 0.3) is 5.91 Å². The van der Waals surface area contributed by atoms with Crippen LogP contribution in [0.5, 0.6) is 5.75 Å². The van der Waals surface area contributed by atoms with E-state index in [-0.39, 0.29) is 5.91 Å². The predicted molar refractivity (Wildman–Crippen MR) is 107 cm³/mol. The van der Waals surface area contributed by atoms with Crippen molar-refractivity contribution in [3.8, 4) is 5.75 Å². The molecular formula is C20H21N5O2. The van der Waals surface area contributed by atoms with Crippen molar-refractivity contribution in [2.24, 2.45) is 0 Å². The Morgan fingerprint density at radius 3 is 2.30 bits per heavy atom. The zero-order valence-corrected chi connectivity index (χ0v) is 15.4. The van der Waals surface area contributed by atoms with E-state index in [4.69, 9.17) is 4.74 Å². The van der Waals surface area contributed by atoms with Gasteiger partial charge in [-0.15, -0.1) is 0 Å². The Labute approximate surface area is 158 Å². The number of para-hydroxylation sites is 2. The highest BCUT2D eigenvalue weighted by molar-refractivity contribution is 6.04. The van der Waals surface area contributed by atoms with Crippen LogP contribution in [0, 0.1) is 0 Å². The number of aromatic nitrogens is 2. The molecule has 2 aromatic carbocycles. The molecule has 0 fully saturated rings. The molecule has 0 aliphatic heterocycles. The Morgan fingerprint density at radius 2 is 1.67 bits per heavy atom. The van der Waals surface area contributed by atoms with Crippen LogP contribution in [0.4, 0.5) is 23.0 Å². The average molecular weight is 363 g/mol. The monoisotopic (exact) mass is 363 g/mol. The second kappa shape index (κ2) is 8.18. The second-order valence-corrected chi connectivity index (χ2v) is 6.02. The SMILES string of the molecule is COc1ccccc1Nc1ncc(C(=O)Nc2ccc(N(C)C)cc2)cn1. The number of carbonyl (C=O) groups excluding carboxylic acids is 1. The molecule has 138 valence electrons. The van der Waals surface area contributed by atoms with Crippen LogP contribution < -0.4 is 20.3 Å². The number of carbonyl (C=O) groups is 1. The van der Waals surface area contributed by atoms with Gasteiger partial charge in [0, 0.05) is 37.9 Å². The van der Waals surface area contributed by atoms with Crippen molar-refractivity contribution >= 4 is 28.9 Å². The lowest BCUT2D eigenvalue weighted by Crippen LogP contribution is -2.13. The number of rotatable bonds is 6. The summed E-state index contributed by atoms with van der Waals surface area (Å²) in [6.45, 7) is 0. The average Bonchev–Trinajstić information content (AvgIpc) is 2.69. The van der Waals surface area contributed by atoms with Crippen LogP contribution in [0.25, 0.3) is 0 Å². The molecule has 0 unspecified atom stereocenters. The summed E-state index contributed by atoms with van der Waals surface area (Å²) in [7, 11) is 5.52. The first-order valence-corrected chi connectivity index (χ1v) is 8.37. The van der Waals surface area contributed by atoms with Crippen molar-refractivity contribution in [3.63, 3.8) is 0 Å². The number of amides is 1. The van der Waals surface area contributed by atoms with E-state index in [1.807, 2.05) is 67.5 Å². The summed E-state index contributed by atoms with van der Waals surface area (Å²) in [6.07, 6.45) is 2.96. The maximum atomic E-state index is 12.4. The lowest BCUT2D eigenvalue weighted by molar-refractivity contribution is 0.102. The number of methoxy groups -OCH3 is 1. The molecule has 0 bridgehead atoms. The number of nitrogens with one attached hydrogen (secondary N) is 2. The Kier molecular flexibility index (Phi) is 5.51. The maximum Gasteiger partial charge on any atom is 0.258 e. The zero-order chi connectivity index (χ0) is 19.2. The molecular weight excluding hydrogens is 342 g/mol. The van der Waals surface area contributed by atoms with Crippen LogP contribution in [0.2, 0.25) is 0 Å². The molecule has 3 rings (SSSR count). The normalized spacial score (nSPS) is 10.2. The third kappa shape index (κ3) is 4.52. The largest absolute Gasteiger partial charge is 0.495 e. The van der Waals surface area contributed by atoms with E-state index in [0.717, 1.165) is 11.4 Å². The summed E-state index contributed by atoms with van der Waals surface area (Å²) < 4.78 is 5.28. The number of nitrogens with zero attached hydrogens (tertiary/aromatic N) is 3. The highest BCUT2D eigenvalue weighted by Gasteiger charge is 2.09. The van der Waals surface area contributed by atoms with Gasteiger partial charge in [-0.05, 0) is 36.4 Å². The van der Waals surface area contributed by atoms with Crippen LogP contribution in [-0.4, -0.2) is 37.1 Å². The highest BCUT2D eigenvalue weighted by Crippen LogP contribution is 2.25. The molecule has 0 atom stereocenters. The third-order valence-electron chi connectivity index (χ3n) is 3.91. The van der Waals surface area contributed by atoms with E-state index in [2.05, 4.69) is 20.6 Å². The summed E-state index contributed by atoms with van der Waals surface area (Å²) >= 11 is 0. The lowest BCUT2D eigenvalue weighted by atomic mass is 10.2. The Bertz CT molecular complexity index is 908. The van der Waals surface area contributed by atoms with Crippen LogP contribution in [-0.2, 0) is 0 Å². The van der Waals surface area contributed by atoms with E-state index >= 15 is 0 Å². The smallest absolute Gasteiger partial charge is 0.258 e. The van der Waals surface area contributed by atoms with Gasteiger partial charge in [-0.1, -0.05) is 12.1 Å². The van der Waals surface area contributed by atoms with Crippen LogP contribution in [0.1, 0.15) is 10.4 Å². The molecule has 1 heterocycles. The number of anilines is 4. The molecule has 0 saturated heterocycles. The van der Waals surface area contributed by atoms with E-state index in [9.17, 15) is 4.79 Å². The zero-order valence-electron chi connectivity index (χ0n) is 15.4. The van der Waals surface area contributed by atoms with Crippen molar-refractivity contribution in [2.75, 3.05) is 36.7 Å². The van der Waals surface area contributed by atoms with Crippen molar-refractivity contribution in [1.82, 2.24) is 9.97 Å². The van der Waals surface area contributed by atoms with Gasteiger partial charge in [0.05, 0.1) is 18.4 Å². The molecule has 0 aliphatic carbocycles. The molecule has 1 amide bonds. The molecule has 27 heavy (non-hydrogen) atoms.